The molecule has 3 rings (SSSR count). The number of carbonyl (C=O) groups excluding carboxylic acids is 2. The molecular weight excluding hydrogens is 354 g/mol. The molecule has 1 N–H and O–H groups in total. The van der Waals surface area contributed by atoms with E-state index in [9.17, 15) is 9.59 Å². The van der Waals surface area contributed by atoms with Crippen molar-refractivity contribution in [3.63, 3.8) is 0 Å². The van der Waals surface area contributed by atoms with Crippen LogP contribution in [0.2, 0.25) is 0 Å². The van der Waals surface area contributed by atoms with Gasteiger partial charge < -0.3 is 19.5 Å². The Kier molecular flexibility index (Phi) is 5.96. The van der Waals surface area contributed by atoms with Crippen LogP contribution in [0.5, 0.6) is 0 Å². The van der Waals surface area contributed by atoms with Crippen LogP contribution in [0.4, 0.5) is 4.79 Å². The number of aryl methyl sites for hydroxylation is 1. The van der Waals surface area contributed by atoms with Crippen LogP contribution in [0.15, 0.2) is 30.5 Å². The summed E-state index contributed by atoms with van der Waals surface area (Å²) in [6.45, 7) is 7.70. The Hall–Kier alpha value is -2.50. The summed E-state index contributed by atoms with van der Waals surface area (Å²) in [7, 11) is 1.98. The number of amides is 2. The van der Waals surface area contributed by atoms with Crippen LogP contribution in [0, 0.1) is 5.92 Å². The number of aromatic nitrogens is 1. The standard InChI is InChI=1S/C22H31N3O3/c1-22(2,3)28-21(27)25-13-6-7-16(15-25)10-12-23-20(26)18-8-5-9-19-17(18)11-14-24(19)4/h5,8-9,11,14,16H,6-7,10,12-13,15H2,1-4H3,(H,23,26). The Morgan fingerprint density at radius 3 is 2.79 bits per heavy atom. The van der Waals surface area contributed by atoms with Crippen molar-refractivity contribution in [2.24, 2.45) is 13.0 Å². The van der Waals surface area contributed by atoms with Crippen LogP contribution in [-0.4, -0.2) is 46.7 Å². The van der Waals surface area contributed by atoms with Gasteiger partial charge in [0, 0.05) is 49.3 Å². The van der Waals surface area contributed by atoms with Crippen molar-refractivity contribution < 1.29 is 14.3 Å². The summed E-state index contributed by atoms with van der Waals surface area (Å²) in [6.07, 6.45) is 4.63. The van der Waals surface area contributed by atoms with E-state index in [0.717, 1.165) is 36.7 Å². The molecule has 2 aromatic rings. The molecule has 1 unspecified atom stereocenters. The Labute approximate surface area is 166 Å². The number of nitrogens with one attached hydrogen (secondary N) is 1. The maximum atomic E-state index is 12.6. The van der Waals surface area contributed by atoms with E-state index < -0.39 is 5.60 Å². The van der Waals surface area contributed by atoms with E-state index in [0.29, 0.717) is 24.6 Å². The molecular formula is C22H31N3O3. The highest BCUT2D eigenvalue weighted by atomic mass is 16.6. The molecule has 0 saturated carbocycles. The van der Waals surface area contributed by atoms with E-state index in [2.05, 4.69) is 5.32 Å². The van der Waals surface area contributed by atoms with Gasteiger partial charge in [-0.2, -0.15) is 0 Å². The molecule has 1 aromatic heterocycles. The number of hydrogen-bond donors (Lipinski definition) is 1. The Bertz CT molecular complexity index is 850. The Morgan fingerprint density at radius 2 is 2.04 bits per heavy atom. The molecule has 1 fully saturated rings. The summed E-state index contributed by atoms with van der Waals surface area (Å²) in [5.74, 6) is 0.339. The summed E-state index contributed by atoms with van der Waals surface area (Å²) >= 11 is 0. The second-order valence-electron chi connectivity index (χ2n) is 8.64. The fourth-order valence-electron chi connectivity index (χ4n) is 3.78. The number of likely N-dealkylation sites (tertiary alicyclic amines) is 1. The highest BCUT2D eigenvalue weighted by molar-refractivity contribution is 6.06. The van der Waals surface area contributed by atoms with Crippen molar-refractivity contribution in [1.82, 2.24) is 14.8 Å². The number of piperidine rings is 1. The van der Waals surface area contributed by atoms with Crippen molar-refractivity contribution in [2.75, 3.05) is 19.6 Å². The van der Waals surface area contributed by atoms with Crippen LogP contribution in [0.3, 0.4) is 0 Å². The average molecular weight is 386 g/mol. The second kappa shape index (κ2) is 8.25. The van der Waals surface area contributed by atoms with E-state index in [4.69, 9.17) is 4.74 Å². The molecule has 1 aromatic carbocycles. The Balaban J connectivity index is 1.51. The minimum absolute atomic E-state index is 0.0448. The molecule has 6 nitrogen and oxygen atoms in total. The number of hydrogen-bond acceptors (Lipinski definition) is 3. The molecule has 2 amide bonds. The highest BCUT2D eigenvalue weighted by Crippen LogP contribution is 2.22. The number of carbonyl (C=O) groups is 2. The SMILES string of the molecule is Cn1ccc2c(C(=O)NCCC3CCCN(C(=O)OC(C)(C)C)C3)cccc21. The minimum atomic E-state index is -0.476. The maximum absolute atomic E-state index is 12.6. The molecule has 1 aliphatic rings. The number of benzene rings is 1. The van der Waals surface area contributed by atoms with Gasteiger partial charge in [0.2, 0.25) is 0 Å². The molecule has 1 aliphatic heterocycles. The summed E-state index contributed by atoms with van der Waals surface area (Å²) in [4.78, 5) is 26.7. The normalized spacial score (nSPS) is 17.6. The topological polar surface area (TPSA) is 63.6 Å². The second-order valence-corrected chi connectivity index (χ2v) is 8.64. The first-order valence-corrected chi connectivity index (χ1v) is 10.0. The minimum Gasteiger partial charge on any atom is -0.444 e. The summed E-state index contributed by atoms with van der Waals surface area (Å²) < 4.78 is 7.50. The smallest absolute Gasteiger partial charge is 0.410 e. The van der Waals surface area contributed by atoms with Crippen molar-refractivity contribution >= 4 is 22.9 Å². The van der Waals surface area contributed by atoms with Gasteiger partial charge in [0.05, 0.1) is 0 Å². The molecule has 2 heterocycles. The van der Waals surface area contributed by atoms with Crippen molar-refractivity contribution in [3.8, 4) is 0 Å². The van der Waals surface area contributed by atoms with Gasteiger partial charge in [0.15, 0.2) is 0 Å². The van der Waals surface area contributed by atoms with Crippen molar-refractivity contribution in [3.05, 3.63) is 36.0 Å². The fourth-order valence-corrected chi connectivity index (χ4v) is 3.78. The zero-order chi connectivity index (χ0) is 20.3. The van der Waals surface area contributed by atoms with Gasteiger partial charge in [-0.05, 0) is 64.2 Å². The molecule has 28 heavy (non-hydrogen) atoms. The first-order valence-electron chi connectivity index (χ1n) is 10.0. The number of fused-ring (bicyclic) bond motifs is 1. The molecule has 0 spiro atoms. The summed E-state index contributed by atoms with van der Waals surface area (Å²) in [5.41, 5.74) is 1.28. The fraction of sp³-hybridized carbons (Fsp3) is 0.545. The van der Waals surface area contributed by atoms with E-state index in [-0.39, 0.29) is 12.0 Å². The number of ether oxygens (including phenoxy) is 1. The molecule has 1 saturated heterocycles. The molecule has 0 bridgehead atoms. The zero-order valence-electron chi connectivity index (χ0n) is 17.3. The lowest BCUT2D eigenvalue weighted by molar-refractivity contribution is 0.0161. The van der Waals surface area contributed by atoms with Crippen LogP contribution < -0.4 is 5.32 Å². The number of rotatable bonds is 4. The average Bonchev–Trinajstić information content (AvgIpc) is 3.02. The van der Waals surface area contributed by atoms with Gasteiger partial charge in [-0.1, -0.05) is 6.07 Å². The van der Waals surface area contributed by atoms with Gasteiger partial charge in [-0.25, -0.2) is 4.79 Å². The molecule has 0 radical (unpaired) electrons. The van der Waals surface area contributed by atoms with Gasteiger partial charge >= 0.3 is 6.09 Å². The predicted octanol–water partition coefficient (Wildman–Crippen LogP) is 3.95. The molecule has 1 atom stereocenters. The quantitative estimate of drug-likeness (QED) is 0.867. The van der Waals surface area contributed by atoms with Gasteiger partial charge in [-0.3, -0.25) is 4.79 Å². The van der Waals surface area contributed by atoms with E-state index in [1.807, 2.05) is 62.8 Å². The molecule has 6 heteroatoms. The van der Waals surface area contributed by atoms with Crippen LogP contribution in [0.1, 0.15) is 50.4 Å². The van der Waals surface area contributed by atoms with Crippen LogP contribution in [0.25, 0.3) is 10.9 Å². The van der Waals surface area contributed by atoms with Crippen molar-refractivity contribution in [2.45, 2.75) is 45.6 Å². The largest absolute Gasteiger partial charge is 0.444 e. The first-order chi connectivity index (χ1) is 13.2. The van der Waals surface area contributed by atoms with Crippen LogP contribution >= 0.6 is 0 Å². The lowest BCUT2D eigenvalue weighted by Crippen LogP contribution is -2.43. The van der Waals surface area contributed by atoms with Crippen LogP contribution in [-0.2, 0) is 11.8 Å². The van der Waals surface area contributed by atoms with Gasteiger partial charge in [-0.15, -0.1) is 0 Å². The first kappa shape index (κ1) is 20.2. The lowest BCUT2D eigenvalue weighted by Gasteiger charge is -2.34. The van der Waals surface area contributed by atoms with Crippen molar-refractivity contribution in [1.29, 1.82) is 0 Å². The summed E-state index contributed by atoms with van der Waals surface area (Å²) in [6, 6.07) is 7.77. The zero-order valence-corrected chi connectivity index (χ0v) is 17.3. The monoisotopic (exact) mass is 385 g/mol. The highest BCUT2D eigenvalue weighted by Gasteiger charge is 2.27. The van der Waals surface area contributed by atoms with E-state index in [1.165, 1.54) is 0 Å². The third kappa shape index (κ3) is 4.86. The molecule has 0 aliphatic carbocycles. The third-order valence-electron chi connectivity index (χ3n) is 5.18. The van der Waals surface area contributed by atoms with E-state index in [1.54, 1.807) is 4.90 Å². The number of nitrogens with zero attached hydrogens (tertiary/aromatic N) is 2. The summed E-state index contributed by atoms with van der Waals surface area (Å²) in [5, 5.41) is 4.02. The van der Waals surface area contributed by atoms with Gasteiger partial charge in [0.25, 0.3) is 5.91 Å². The van der Waals surface area contributed by atoms with E-state index >= 15 is 0 Å². The van der Waals surface area contributed by atoms with Gasteiger partial charge in [0.1, 0.15) is 5.60 Å². The maximum Gasteiger partial charge on any atom is 0.410 e. The molecule has 152 valence electrons. The lowest BCUT2D eigenvalue weighted by atomic mass is 9.95. The third-order valence-corrected chi connectivity index (χ3v) is 5.18. The predicted molar refractivity (Wildman–Crippen MR) is 110 cm³/mol. The Morgan fingerprint density at radius 1 is 1.25 bits per heavy atom.